The highest BCUT2D eigenvalue weighted by molar-refractivity contribution is 6.01. The van der Waals surface area contributed by atoms with Crippen LogP contribution in [0.1, 0.15) is 38.5 Å². The van der Waals surface area contributed by atoms with Crippen LogP contribution in [0, 0.1) is 0 Å². The molecule has 0 unspecified atom stereocenters. The van der Waals surface area contributed by atoms with Gasteiger partial charge in [0.25, 0.3) is 11.8 Å². The third-order valence-electron chi connectivity index (χ3n) is 3.64. The summed E-state index contributed by atoms with van der Waals surface area (Å²) in [5, 5.41) is 0.447. The number of primary amides is 1. The van der Waals surface area contributed by atoms with Crippen molar-refractivity contribution in [3.63, 3.8) is 0 Å². The van der Waals surface area contributed by atoms with Gasteiger partial charge in [-0.05, 0) is 12.8 Å². The van der Waals surface area contributed by atoms with Crippen molar-refractivity contribution in [3.8, 4) is 0 Å². The number of carbonyl (C=O) groups excluding carboxylic acids is 5. The first kappa shape index (κ1) is 15.9. The van der Waals surface area contributed by atoms with Crippen molar-refractivity contribution in [2.24, 2.45) is 5.73 Å². The molecule has 2 heterocycles. The second kappa shape index (κ2) is 6.54. The van der Waals surface area contributed by atoms with E-state index in [0.717, 1.165) is 0 Å². The fourth-order valence-corrected chi connectivity index (χ4v) is 2.51. The Hall–Kier alpha value is -2.45. The van der Waals surface area contributed by atoms with Gasteiger partial charge in [0.2, 0.25) is 11.8 Å². The van der Waals surface area contributed by atoms with E-state index in [1.807, 2.05) is 0 Å². The average molecular weight is 311 g/mol. The summed E-state index contributed by atoms with van der Waals surface area (Å²) in [4.78, 5) is 63.5. The number of hydrogen-bond acceptors (Lipinski definition) is 6. The van der Waals surface area contributed by atoms with Crippen LogP contribution in [0.4, 0.5) is 0 Å². The molecule has 0 aromatic carbocycles. The van der Waals surface area contributed by atoms with E-state index in [0.29, 0.717) is 24.4 Å². The number of nitrogens with two attached hydrogens (primary N) is 1. The Morgan fingerprint density at radius 3 is 2.23 bits per heavy atom. The van der Waals surface area contributed by atoms with Crippen molar-refractivity contribution in [2.75, 3.05) is 6.54 Å². The van der Waals surface area contributed by atoms with Crippen molar-refractivity contribution in [2.45, 2.75) is 44.6 Å². The van der Waals surface area contributed by atoms with E-state index < -0.39 is 29.7 Å². The summed E-state index contributed by atoms with van der Waals surface area (Å²) < 4.78 is 0. The van der Waals surface area contributed by atoms with Crippen LogP contribution < -0.4 is 5.73 Å². The van der Waals surface area contributed by atoms with Crippen LogP contribution in [0.15, 0.2) is 0 Å². The molecule has 0 aliphatic carbocycles. The van der Waals surface area contributed by atoms with E-state index in [4.69, 9.17) is 10.6 Å². The van der Waals surface area contributed by atoms with Gasteiger partial charge in [-0.2, -0.15) is 0 Å². The maximum Gasteiger partial charge on any atom is 0.333 e. The minimum Gasteiger partial charge on any atom is -0.368 e. The van der Waals surface area contributed by atoms with E-state index in [2.05, 4.69) is 0 Å². The van der Waals surface area contributed by atoms with Gasteiger partial charge < -0.3 is 15.5 Å². The lowest BCUT2D eigenvalue weighted by Crippen LogP contribution is -2.45. The molecule has 2 aliphatic heterocycles. The average Bonchev–Trinajstić information content (AvgIpc) is 3.00. The fourth-order valence-electron chi connectivity index (χ4n) is 2.51. The van der Waals surface area contributed by atoms with Crippen LogP contribution in [-0.2, 0) is 28.8 Å². The zero-order valence-electron chi connectivity index (χ0n) is 11.9. The molecule has 2 fully saturated rings. The van der Waals surface area contributed by atoms with E-state index in [1.165, 1.54) is 4.90 Å². The third-order valence-corrected chi connectivity index (χ3v) is 3.64. The zero-order valence-corrected chi connectivity index (χ0v) is 11.9. The molecule has 1 atom stereocenters. The molecule has 0 saturated carbocycles. The first-order valence-electron chi connectivity index (χ1n) is 7.05. The molecule has 2 saturated heterocycles. The highest BCUT2D eigenvalue weighted by Gasteiger charge is 2.34. The predicted molar refractivity (Wildman–Crippen MR) is 70.3 cm³/mol. The molecule has 2 rings (SSSR count). The Labute approximate surface area is 126 Å². The van der Waals surface area contributed by atoms with Crippen molar-refractivity contribution in [1.82, 2.24) is 9.96 Å². The molecule has 0 bridgehead atoms. The Bertz CT molecular complexity index is 516. The molecule has 4 amide bonds. The van der Waals surface area contributed by atoms with Crippen LogP contribution in [0.2, 0.25) is 0 Å². The van der Waals surface area contributed by atoms with Gasteiger partial charge in [0, 0.05) is 25.8 Å². The Morgan fingerprint density at radius 1 is 1.09 bits per heavy atom. The van der Waals surface area contributed by atoms with Gasteiger partial charge in [0.05, 0.1) is 6.42 Å². The number of hydrogen-bond donors (Lipinski definition) is 1. The minimum atomic E-state index is -0.882. The molecule has 0 aromatic rings. The lowest BCUT2D eigenvalue weighted by Gasteiger charge is -2.24. The van der Waals surface area contributed by atoms with Gasteiger partial charge in [0.15, 0.2) is 0 Å². The van der Waals surface area contributed by atoms with E-state index in [-0.39, 0.29) is 31.6 Å². The van der Waals surface area contributed by atoms with Crippen LogP contribution in [-0.4, -0.2) is 52.1 Å². The van der Waals surface area contributed by atoms with Crippen LogP contribution >= 0.6 is 0 Å². The highest BCUT2D eigenvalue weighted by atomic mass is 16.7. The zero-order chi connectivity index (χ0) is 16.3. The number of imide groups is 1. The molecule has 9 nitrogen and oxygen atoms in total. The topological polar surface area (TPSA) is 127 Å². The monoisotopic (exact) mass is 311 g/mol. The third kappa shape index (κ3) is 3.41. The van der Waals surface area contributed by atoms with Crippen molar-refractivity contribution >= 4 is 29.6 Å². The predicted octanol–water partition coefficient (Wildman–Crippen LogP) is -1.15. The number of nitrogens with zero attached hydrogens (tertiary/aromatic N) is 2. The molecular weight excluding hydrogens is 294 g/mol. The highest BCUT2D eigenvalue weighted by Crippen LogP contribution is 2.18. The lowest BCUT2D eigenvalue weighted by molar-refractivity contribution is -0.197. The van der Waals surface area contributed by atoms with Crippen molar-refractivity contribution in [1.29, 1.82) is 0 Å². The number of amides is 4. The maximum absolute atomic E-state index is 11.7. The first-order valence-corrected chi connectivity index (χ1v) is 7.05. The maximum atomic E-state index is 11.7. The largest absolute Gasteiger partial charge is 0.368 e. The second-order valence-electron chi connectivity index (χ2n) is 5.19. The minimum absolute atomic E-state index is 0.00384. The van der Waals surface area contributed by atoms with E-state index >= 15 is 0 Å². The van der Waals surface area contributed by atoms with Crippen LogP contribution in [0.3, 0.4) is 0 Å². The summed E-state index contributed by atoms with van der Waals surface area (Å²) in [5.41, 5.74) is 5.27. The van der Waals surface area contributed by atoms with Gasteiger partial charge >= 0.3 is 5.97 Å². The quantitative estimate of drug-likeness (QED) is 0.617. The Balaban J connectivity index is 1.88. The first-order chi connectivity index (χ1) is 10.4. The van der Waals surface area contributed by atoms with Gasteiger partial charge in [-0.3, -0.25) is 19.2 Å². The summed E-state index contributed by atoms with van der Waals surface area (Å²) in [7, 11) is 0. The summed E-state index contributed by atoms with van der Waals surface area (Å²) >= 11 is 0. The molecule has 2 aliphatic rings. The van der Waals surface area contributed by atoms with Gasteiger partial charge in [-0.15, -0.1) is 5.06 Å². The van der Waals surface area contributed by atoms with Crippen LogP contribution in [0.5, 0.6) is 0 Å². The summed E-state index contributed by atoms with van der Waals surface area (Å²) in [5.74, 6) is -2.83. The number of likely N-dealkylation sites (tertiary alicyclic amines) is 1. The molecule has 0 aromatic heterocycles. The van der Waals surface area contributed by atoms with Gasteiger partial charge in [0.1, 0.15) is 6.04 Å². The summed E-state index contributed by atoms with van der Waals surface area (Å²) in [6, 6.07) is -0.882. The standard InChI is InChI=1S/C13H17N3O6/c14-13(21)8(15-7-1-2-9(15)17)3-6-12(20)22-16-10(18)4-5-11(16)19/h8H,1-7H2,(H2,14,21)/t8-/m1/s1. The molecular formula is C13H17N3O6. The van der Waals surface area contributed by atoms with Gasteiger partial charge in [-0.1, -0.05) is 0 Å². The van der Waals surface area contributed by atoms with Crippen molar-refractivity contribution < 1.29 is 28.8 Å². The molecule has 9 heteroatoms. The Morgan fingerprint density at radius 2 is 1.73 bits per heavy atom. The summed E-state index contributed by atoms with van der Waals surface area (Å²) in [6.07, 6.45) is 0.788. The van der Waals surface area contributed by atoms with Gasteiger partial charge in [-0.25, -0.2) is 4.79 Å². The molecule has 22 heavy (non-hydrogen) atoms. The number of carbonyl (C=O) groups is 5. The van der Waals surface area contributed by atoms with E-state index in [1.54, 1.807) is 0 Å². The summed E-state index contributed by atoms with van der Waals surface area (Å²) in [6.45, 7) is 0.421. The van der Waals surface area contributed by atoms with Crippen LogP contribution in [0.25, 0.3) is 0 Å². The Kier molecular flexibility index (Phi) is 4.74. The molecule has 0 spiro atoms. The molecule has 2 N–H and O–H groups in total. The molecule has 120 valence electrons. The fraction of sp³-hybridized carbons (Fsp3) is 0.615. The number of hydroxylamine groups is 2. The lowest BCUT2D eigenvalue weighted by atomic mass is 10.1. The number of rotatable bonds is 6. The molecule has 0 radical (unpaired) electrons. The van der Waals surface area contributed by atoms with Crippen molar-refractivity contribution in [3.05, 3.63) is 0 Å². The smallest absolute Gasteiger partial charge is 0.333 e. The van der Waals surface area contributed by atoms with E-state index in [9.17, 15) is 24.0 Å². The normalized spacial score (nSPS) is 19.7. The SMILES string of the molecule is NC(=O)[C@@H](CCC(=O)ON1C(=O)CCC1=O)N1CCCC1=O. The second-order valence-corrected chi connectivity index (χ2v) is 5.19.